The molecule has 0 aromatic rings. The maximum Gasteiger partial charge on any atom is 0.0678 e. The topological polar surface area (TPSA) is 41.7 Å². The van der Waals surface area contributed by atoms with E-state index in [-0.39, 0.29) is 5.54 Å². The SMILES string of the molecule is C[C@@H]1CN(C2(CN)CCN(C)C2)C[C@H](C)O1. The molecule has 2 rings (SSSR count). The van der Waals surface area contributed by atoms with Crippen molar-refractivity contribution in [1.82, 2.24) is 9.80 Å². The van der Waals surface area contributed by atoms with Crippen LogP contribution in [0.1, 0.15) is 20.3 Å². The van der Waals surface area contributed by atoms with Crippen LogP contribution in [-0.4, -0.2) is 67.3 Å². The first-order valence-electron chi connectivity index (χ1n) is 6.35. The second kappa shape index (κ2) is 4.61. The van der Waals surface area contributed by atoms with Gasteiger partial charge in [0.15, 0.2) is 0 Å². The van der Waals surface area contributed by atoms with Gasteiger partial charge in [-0.3, -0.25) is 4.90 Å². The maximum atomic E-state index is 6.04. The summed E-state index contributed by atoms with van der Waals surface area (Å²) in [5.74, 6) is 0. The third-order valence-electron chi connectivity index (χ3n) is 3.99. The van der Waals surface area contributed by atoms with Crippen molar-refractivity contribution in [3.63, 3.8) is 0 Å². The van der Waals surface area contributed by atoms with Crippen molar-refractivity contribution < 1.29 is 4.74 Å². The van der Waals surface area contributed by atoms with Gasteiger partial charge in [0.05, 0.1) is 12.2 Å². The van der Waals surface area contributed by atoms with Crippen molar-refractivity contribution in [2.45, 2.75) is 38.0 Å². The normalized spacial score (nSPS) is 42.8. The van der Waals surface area contributed by atoms with Crippen molar-refractivity contribution >= 4 is 0 Å². The van der Waals surface area contributed by atoms with Gasteiger partial charge >= 0.3 is 0 Å². The van der Waals surface area contributed by atoms with Gasteiger partial charge in [0.1, 0.15) is 0 Å². The van der Waals surface area contributed by atoms with E-state index in [1.807, 2.05) is 0 Å². The molecule has 1 unspecified atom stereocenters. The van der Waals surface area contributed by atoms with E-state index in [2.05, 4.69) is 30.7 Å². The lowest BCUT2D eigenvalue weighted by Gasteiger charge is -2.46. The van der Waals surface area contributed by atoms with E-state index in [1.54, 1.807) is 0 Å². The van der Waals surface area contributed by atoms with Crippen LogP contribution in [0.5, 0.6) is 0 Å². The van der Waals surface area contributed by atoms with E-state index in [0.29, 0.717) is 12.2 Å². The van der Waals surface area contributed by atoms with Crippen LogP contribution >= 0.6 is 0 Å². The zero-order valence-electron chi connectivity index (χ0n) is 10.8. The highest BCUT2D eigenvalue weighted by Crippen LogP contribution is 2.29. The van der Waals surface area contributed by atoms with Gasteiger partial charge in [-0.15, -0.1) is 0 Å². The van der Waals surface area contributed by atoms with E-state index >= 15 is 0 Å². The zero-order valence-corrected chi connectivity index (χ0v) is 10.8. The van der Waals surface area contributed by atoms with Crippen LogP contribution in [0.15, 0.2) is 0 Å². The molecule has 0 aromatic carbocycles. The van der Waals surface area contributed by atoms with Crippen LogP contribution in [0.2, 0.25) is 0 Å². The van der Waals surface area contributed by atoms with Gasteiger partial charge in [-0.25, -0.2) is 0 Å². The number of rotatable bonds is 2. The fraction of sp³-hybridized carbons (Fsp3) is 1.00. The summed E-state index contributed by atoms with van der Waals surface area (Å²) in [6.45, 7) is 9.39. The summed E-state index contributed by atoms with van der Waals surface area (Å²) in [5.41, 5.74) is 6.24. The minimum atomic E-state index is 0.195. The summed E-state index contributed by atoms with van der Waals surface area (Å²) in [6.07, 6.45) is 1.86. The second-order valence-electron chi connectivity index (χ2n) is 5.58. The fourth-order valence-corrected chi connectivity index (χ4v) is 3.18. The van der Waals surface area contributed by atoms with E-state index in [1.165, 1.54) is 6.42 Å². The molecule has 2 aliphatic rings. The van der Waals surface area contributed by atoms with E-state index < -0.39 is 0 Å². The third kappa shape index (κ3) is 2.25. The number of hydrogen-bond donors (Lipinski definition) is 1. The fourth-order valence-electron chi connectivity index (χ4n) is 3.18. The Hall–Kier alpha value is -0.160. The molecule has 2 saturated heterocycles. The molecule has 2 aliphatic heterocycles. The molecule has 3 atom stereocenters. The van der Waals surface area contributed by atoms with Crippen molar-refractivity contribution in [2.24, 2.45) is 5.73 Å². The highest BCUT2D eigenvalue weighted by Gasteiger charge is 2.43. The number of nitrogens with two attached hydrogens (primary N) is 1. The Morgan fingerprint density at radius 3 is 2.38 bits per heavy atom. The Labute approximate surface area is 98.7 Å². The molecule has 2 heterocycles. The standard InChI is InChI=1S/C12H25N3O/c1-10-6-15(7-11(2)16-10)12(8-13)4-5-14(3)9-12/h10-11H,4-9,13H2,1-3H3/t10-,11+,12?. The molecule has 4 nitrogen and oxygen atoms in total. The Morgan fingerprint density at radius 1 is 1.31 bits per heavy atom. The Balaban J connectivity index is 2.09. The van der Waals surface area contributed by atoms with Crippen LogP contribution in [0.25, 0.3) is 0 Å². The first-order valence-corrected chi connectivity index (χ1v) is 6.35. The maximum absolute atomic E-state index is 6.04. The summed E-state index contributed by atoms with van der Waals surface area (Å²) < 4.78 is 5.80. The van der Waals surface area contributed by atoms with Crippen molar-refractivity contribution in [3.05, 3.63) is 0 Å². The summed E-state index contributed by atoms with van der Waals surface area (Å²) in [5, 5.41) is 0. The monoisotopic (exact) mass is 227 g/mol. The molecule has 0 saturated carbocycles. The Bertz CT molecular complexity index is 238. The van der Waals surface area contributed by atoms with Gasteiger partial charge in [-0.2, -0.15) is 0 Å². The summed E-state index contributed by atoms with van der Waals surface area (Å²) in [7, 11) is 2.19. The lowest BCUT2D eigenvalue weighted by Crippen LogP contribution is -2.61. The molecule has 94 valence electrons. The quantitative estimate of drug-likeness (QED) is 0.728. The Kier molecular flexibility index (Phi) is 3.54. The Morgan fingerprint density at radius 2 is 1.94 bits per heavy atom. The van der Waals surface area contributed by atoms with Gasteiger partial charge in [-0.05, 0) is 33.9 Å². The van der Waals surface area contributed by atoms with E-state index in [0.717, 1.165) is 32.7 Å². The number of likely N-dealkylation sites (tertiary alicyclic amines) is 1. The van der Waals surface area contributed by atoms with Crippen molar-refractivity contribution in [1.29, 1.82) is 0 Å². The molecular formula is C12H25N3O. The second-order valence-corrected chi connectivity index (χ2v) is 5.58. The number of morpholine rings is 1. The predicted octanol–water partition coefficient (Wildman–Crippen LogP) is 0.129. The molecule has 2 N–H and O–H groups in total. The lowest BCUT2D eigenvalue weighted by atomic mass is 9.94. The molecule has 4 heteroatoms. The van der Waals surface area contributed by atoms with Crippen LogP contribution in [0.3, 0.4) is 0 Å². The molecular weight excluding hydrogens is 202 g/mol. The number of nitrogens with zero attached hydrogens (tertiary/aromatic N) is 2. The van der Waals surface area contributed by atoms with Crippen molar-refractivity contribution in [3.8, 4) is 0 Å². The van der Waals surface area contributed by atoms with E-state index in [9.17, 15) is 0 Å². The minimum Gasteiger partial charge on any atom is -0.373 e. The molecule has 0 spiro atoms. The average Bonchev–Trinajstić information content (AvgIpc) is 2.60. The molecule has 0 amide bonds. The largest absolute Gasteiger partial charge is 0.373 e. The first-order chi connectivity index (χ1) is 7.55. The molecule has 2 fully saturated rings. The first kappa shape index (κ1) is 12.3. The van der Waals surface area contributed by atoms with Gasteiger partial charge in [0.2, 0.25) is 0 Å². The molecule has 0 radical (unpaired) electrons. The summed E-state index contributed by atoms with van der Waals surface area (Å²) in [6, 6.07) is 0. The van der Waals surface area contributed by atoms with Crippen molar-refractivity contribution in [2.75, 3.05) is 39.8 Å². The summed E-state index contributed by atoms with van der Waals surface area (Å²) in [4.78, 5) is 4.95. The molecule has 0 aliphatic carbocycles. The summed E-state index contributed by atoms with van der Waals surface area (Å²) >= 11 is 0. The minimum absolute atomic E-state index is 0.195. The van der Waals surface area contributed by atoms with Gasteiger partial charge in [0.25, 0.3) is 0 Å². The van der Waals surface area contributed by atoms with E-state index in [4.69, 9.17) is 10.5 Å². The van der Waals surface area contributed by atoms with Crippen LogP contribution in [0, 0.1) is 0 Å². The molecule has 0 aromatic heterocycles. The van der Waals surface area contributed by atoms with Crippen LogP contribution in [0.4, 0.5) is 0 Å². The number of ether oxygens (including phenoxy) is 1. The zero-order chi connectivity index (χ0) is 11.8. The highest BCUT2D eigenvalue weighted by atomic mass is 16.5. The lowest BCUT2D eigenvalue weighted by molar-refractivity contribution is -0.0982. The van der Waals surface area contributed by atoms with Crippen LogP contribution < -0.4 is 5.73 Å². The smallest absolute Gasteiger partial charge is 0.0678 e. The highest BCUT2D eigenvalue weighted by molar-refractivity contribution is 5.01. The van der Waals surface area contributed by atoms with Crippen LogP contribution in [-0.2, 0) is 4.74 Å². The van der Waals surface area contributed by atoms with Gasteiger partial charge < -0.3 is 15.4 Å². The number of likely N-dealkylation sites (N-methyl/N-ethyl adjacent to an activating group) is 1. The predicted molar refractivity (Wildman–Crippen MR) is 65.5 cm³/mol. The molecule has 16 heavy (non-hydrogen) atoms. The molecule has 0 bridgehead atoms. The van der Waals surface area contributed by atoms with Gasteiger partial charge in [0, 0.05) is 31.7 Å². The average molecular weight is 227 g/mol. The van der Waals surface area contributed by atoms with Gasteiger partial charge in [-0.1, -0.05) is 0 Å². The number of hydrogen-bond acceptors (Lipinski definition) is 4. The third-order valence-corrected chi connectivity index (χ3v) is 3.99.